The van der Waals surface area contributed by atoms with Gasteiger partial charge in [-0.15, -0.1) is 0 Å². The van der Waals surface area contributed by atoms with Crippen LogP contribution in [0.15, 0.2) is 6.07 Å². The second kappa shape index (κ2) is 6.79. The third kappa shape index (κ3) is 4.27. The number of amides is 1. The van der Waals surface area contributed by atoms with Gasteiger partial charge in [-0.3, -0.25) is 4.79 Å². The molecule has 1 aromatic rings. The van der Waals surface area contributed by atoms with E-state index in [1.165, 1.54) is 0 Å². The number of aromatic nitrogens is 2. The molecular formula is C15H23N3O2. The Labute approximate surface area is 120 Å². The fourth-order valence-corrected chi connectivity index (χ4v) is 2.47. The topological polar surface area (TPSA) is 64.1 Å². The molecule has 20 heavy (non-hydrogen) atoms. The first kappa shape index (κ1) is 14.9. The van der Waals surface area contributed by atoms with Crippen LogP contribution in [0, 0.1) is 6.92 Å². The average molecular weight is 277 g/mol. The van der Waals surface area contributed by atoms with E-state index in [-0.39, 0.29) is 12.0 Å². The van der Waals surface area contributed by atoms with Crippen LogP contribution in [0.4, 0.5) is 5.82 Å². The SMILES string of the molecule is CCc1cc(NC(=O)CC[C@H]2CC[C@@H](C)O2)nc(C)n1. The van der Waals surface area contributed by atoms with Crippen molar-refractivity contribution in [2.45, 2.75) is 65.1 Å². The van der Waals surface area contributed by atoms with Gasteiger partial charge in [-0.05, 0) is 39.5 Å². The van der Waals surface area contributed by atoms with Gasteiger partial charge < -0.3 is 10.1 Å². The second-order valence-corrected chi connectivity index (χ2v) is 5.38. The molecule has 1 aliphatic rings. The molecule has 5 nitrogen and oxygen atoms in total. The van der Waals surface area contributed by atoms with Crippen molar-refractivity contribution < 1.29 is 9.53 Å². The highest BCUT2D eigenvalue weighted by molar-refractivity contribution is 5.89. The molecule has 0 aromatic carbocycles. The Morgan fingerprint density at radius 3 is 2.90 bits per heavy atom. The quantitative estimate of drug-likeness (QED) is 0.898. The van der Waals surface area contributed by atoms with Crippen LogP contribution in [0.3, 0.4) is 0 Å². The monoisotopic (exact) mass is 277 g/mol. The van der Waals surface area contributed by atoms with Crippen LogP contribution >= 0.6 is 0 Å². The minimum absolute atomic E-state index is 0.00620. The summed E-state index contributed by atoms with van der Waals surface area (Å²) in [5.74, 6) is 1.28. The fraction of sp³-hybridized carbons (Fsp3) is 0.667. The molecule has 0 aliphatic carbocycles. The summed E-state index contributed by atoms with van der Waals surface area (Å²) in [5, 5.41) is 2.85. The molecule has 1 saturated heterocycles. The highest BCUT2D eigenvalue weighted by Gasteiger charge is 2.22. The lowest BCUT2D eigenvalue weighted by Crippen LogP contribution is -2.17. The minimum Gasteiger partial charge on any atom is -0.375 e. The molecular weight excluding hydrogens is 254 g/mol. The lowest BCUT2D eigenvalue weighted by atomic mass is 10.1. The second-order valence-electron chi connectivity index (χ2n) is 5.38. The van der Waals surface area contributed by atoms with Crippen molar-refractivity contribution in [3.63, 3.8) is 0 Å². The van der Waals surface area contributed by atoms with E-state index in [0.29, 0.717) is 24.2 Å². The van der Waals surface area contributed by atoms with Crippen LogP contribution in [0.25, 0.3) is 0 Å². The number of nitrogens with zero attached hydrogens (tertiary/aromatic N) is 2. The predicted octanol–water partition coefficient (Wildman–Crippen LogP) is 2.63. The van der Waals surface area contributed by atoms with Gasteiger partial charge >= 0.3 is 0 Å². The van der Waals surface area contributed by atoms with Crippen molar-refractivity contribution in [1.82, 2.24) is 9.97 Å². The number of hydrogen-bond donors (Lipinski definition) is 1. The van der Waals surface area contributed by atoms with E-state index in [1.807, 2.05) is 19.9 Å². The summed E-state index contributed by atoms with van der Waals surface area (Å²) in [6.07, 6.45) is 4.80. The molecule has 0 spiro atoms. The van der Waals surface area contributed by atoms with Gasteiger partial charge in [0.1, 0.15) is 11.6 Å². The maximum Gasteiger partial charge on any atom is 0.225 e. The smallest absolute Gasteiger partial charge is 0.225 e. The number of aryl methyl sites for hydroxylation is 2. The summed E-state index contributed by atoms with van der Waals surface area (Å²) in [6.45, 7) is 5.95. The number of hydrogen-bond acceptors (Lipinski definition) is 4. The highest BCUT2D eigenvalue weighted by atomic mass is 16.5. The van der Waals surface area contributed by atoms with Crippen molar-refractivity contribution in [1.29, 1.82) is 0 Å². The molecule has 0 unspecified atom stereocenters. The van der Waals surface area contributed by atoms with E-state index in [4.69, 9.17) is 4.74 Å². The summed E-state index contributed by atoms with van der Waals surface area (Å²) in [5.41, 5.74) is 0.945. The zero-order valence-corrected chi connectivity index (χ0v) is 12.5. The summed E-state index contributed by atoms with van der Waals surface area (Å²) >= 11 is 0. The van der Waals surface area contributed by atoms with E-state index >= 15 is 0 Å². The minimum atomic E-state index is -0.00620. The van der Waals surface area contributed by atoms with Crippen molar-refractivity contribution >= 4 is 11.7 Å². The number of carbonyl (C=O) groups is 1. The van der Waals surface area contributed by atoms with E-state index in [2.05, 4.69) is 22.2 Å². The van der Waals surface area contributed by atoms with Gasteiger partial charge in [0.2, 0.25) is 5.91 Å². The third-order valence-electron chi connectivity index (χ3n) is 3.53. The van der Waals surface area contributed by atoms with Crippen LogP contribution in [0.2, 0.25) is 0 Å². The lowest BCUT2D eigenvalue weighted by Gasteiger charge is -2.11. The van der Waals surface area contributed by atoms with E-state index in [1.54, 1.807) is 0 Å². The molecule has 0 radical (unpaired) electrons. The van der Waals surface area contributed by atoms with Crippen LogP contribution in [0.1, 0.15) is 51.0 Å². The molecule has 2 heterocycles. The van der Waals surface area contributed by atoms with Gasteiger partial charge in [0.15, 0.2) is 0 Å². The Kier molecular flexibility index (Phi) is 5.06. The van der Waals surface area contributed by atoms with E-state index in [0.717, 1.165) is 31.4 Å². The summed E-state index contributed by atoms with van der Waals surface area (Å²) in [6, 6.07) is 1.83. The van der Waals surface area contributed by atoms with Crippen molar-refractivity contribution in [3.8, 4) is 0 Å². The molecule has 2 rings (SSSR count). The molecule has 1 amide bonds. The standard InChI is InChI=1S/C15H23N3O2/c1-4-12-9-14(17-11(3)16-12)18-15(19)8-7-13-6-5-10(2)20-13/h9-10,13H,4-8H2,1-3H3,(H,16,17,18,19)/t10-,13-/m1/s1. The van der Waals surface area contributed by atoms with Gasteiger partial charge in [-0.25, -0.2) is 9.97 Å². The summed E-state index contributed by atoms with van der Waals surface area (Å²) in [7, 11) is 0. The molecule has 5 heteroatoms. The van der Waals surface area contributed by atoms with Crippen molar-refractivity contribution in [2.75, 3.05) is 5.32 Å². The average Bonchev–Trinajstić information content (AvgIpc) is 2.81. The third-order valence-corrected chi connectivity index (χ3v) is 3.53. The molecule has 0 bridgehead atoms. The molecule has 1 aromatic heterocycles. The Bertz CT molecular complexity index is 476. The number of ether oxygens (including phenoxy) is 1. The molecule has 0 saturated carbocycles. The lowest BCUT2D eigenvalue weighted by molar-refractivity contribution is -0.116. The van der Waals surface area contributed by atoms with Gasteiger partial charge in [0.05, 0.1) is 12.2 Å². The normalized spacial score (nSPS) is 21.9. The Balaban J connectivity index is 1.83. The number of carbonyl (C=O) groups excluding carboxylic acids is 1. The number of nitrogens with one attached hydrogen (secondary N) is 1. The first-order valence-corrected chi connectivity index (χ1v) is 7.36. The highest BCUT2D eigenvalue weighted by Crippen LogP contribution is 2.22. The van der Waals surface area contributed by atoms with Crippen LogP contribution in [0.5, 0.6) is 0 Å². The van der Waals surface area contributed by atoms with Crippen LogP contribution in [-0.2, 0) is 16.0 Å². The maximum absolute atomic E-state index is 11.9. The maximum atomic E-state index is 11.9. The predicted molar refractivity (Wildman–Crippen MR) is 77.6 cm³/mol. The summed E-state index contributed by atoms with van der Waals surface area (Å²) in [4.78, 5) is 20.5. The van der Waals surface area contributed by atoms with Crippen molar-refractivity contribution in [2.24, 2.45) is 0 Å². The van der Waals surface area contributed by atoms with Crippen LogP contribution < -0.4 is 5.32 Å². The zero-order chi connectivity index (χ0) is 14.5. The molecule has 110 valence electrons. The molecule has 1 fully saturated rings. The molecule has 2 atom stereocenters. The first-order chi connectivity index (χ1) is 9.56. The Morgan fingerprint density at radius 1 is 1.45 bits per heavy atom. The number of anilines is 1. The first-order valence-electron chi connectivity index (χ1n) is 7.36. The van der Waals surface area contributed by atoms with E-state index in [9.17, 15) is 4.79 Å². The largest absolute Gasteiger partial charge is 0.375 e. The summed E-state index contributed by atoms with van der Waals surface area (Å²) < 4.78 is 5.71. The molecule has 1 N–H and O–H groups in total. The van der Waals surface area contributed by atoms with Crippen LogP contribution in [-0.4, -0.2) is 28.1 Å². The van der Waals surface area contributed by atoms with E-state index < -0.39 is 0 Å². The van der Waals surface area contributed by atoms with Gasteiger partial charge in [-0.2, -0.15) is 0 Å². The van der Waals surface area contributed by atoms with Gasteiger partial charge in [-0.1, -0.05) is 6.92 Å². The number of rotatable bonds is 5. The Hall–Kier alpha value is -1.49. The zero-order valence-electron chi connectivity index (χ0n) is 12.5. The fourth-order valence-electron chi connectivity index (χ4n) is 2.47. The van der Waals surface area contributed by atoms with Crippen molar-refractivity contribution in [3.05, 3.63) is 17.6 Å². The van der Waals surface area contributed by atoms with Gasteiger partial charge in [0, 0.05) is 18.2 Å². The van der Waals surface area contributed by atoms with Gasteiger partial charge in [0.25, 0.3) is 0 Å². The molecule has 1 aliphatic heterocycles. The Morgan fingerprint density at radius 2 is 2.25 bits per heavy atom.